The molecule has 1 amide bonds. The van der Waals surface area contributed by atoms with Gasteiger partial charge < -0.3 is 23.7 Å². The van der Waals surface area contributed by atoms with Crippen LogP contribution in [0, 0.1) is 6.92 Å². The maximum atomic E-state index is 12.8. The van der Waals surface area contributed by atoms with Crippen LogP contribution in [0.3, 0.4) is 0 Å². The second kappa shape index (κ2) is 12.9. The van der Waals surface area contributed by atoms with E-state index in [0.717, 1.165) is 41.5 Å². The number of fused-ring (bicyclic) bond motifs is 2. The molecule has 236 valence electrons. The molecule has 0 bridgehead atoms. The number of hydrogen-bond acceptors (Lipinski definition) is 8. The zero-order chi connectivity index (χ0) is 31.7. The predicted octanol–water partition coefficient (Wildman–Crippen LogP) is 6.16. The Morgan fingerprint density at radius 1 is 1.11 bits per heavy atom. The molecular weight excluding hydrogens is 610 g/mol. The third-order valence-electron chi connectivity index (χ3n) is 8.03. The van der Waals surface area contributed by atoms with Crippen molar-refractivity contribution >= 4 is 47.6 Å². The Morgan fingerprint density at radius 3 is 2.71 bits per heavy atom. The van der Waals surface area contributed by atoms with Gasteiger partial charge in [-0.25, -0.2) is 9.97 Å². The van der Waals surface area contributed by atoms with Crippen LogP contribution in [0.1, 0.15) is 12.2 Å². The van der Waals surface area contributed by atoms with Crippen molar-refractivity contribution in [3.8, 4) is 22.8 Å². The van der Waals surface area contributed by atoms with Gasteiger partial charge in [-0.3, -0.25) is 14.5 Å². The fourth-order valence-corrected chi connectivity index (χ4v) is 6.32. The Kier molecular flexibility index (Phi) is 8.91. The maximum absolute atomic E-state index is 12.8. The number of rotatable bonds is 11. The topological polar surface area (TPSA) is 109 Å². The van der Waals surface area contributed by atoms with Gasteiger partial charge >= 0.3 is 0 Å². The molecule has 5 aromatic rings. The van der Waals surface area contributed by atoms with Crippen molar-refractivity contribution in [2.75, 3.05) is 26.8 Å². The largest absolute Gasteiger partial charge is 0.456 e. The number of carbonyl (C=O) groups excluding carboxylic acids is 1. The summed E-state index contributed by atoms with van der Waals surface area (Å²) in [7, 11) is 0.502. The van der Waals surface area contributed by atoms with Crippen LogP contribution < -0.4 is 4.74 Å². The second-order valence-electron chi connectivity index (χ2n) is 12.6. The number of aryl methyl sites for hydroxylation is 1. The zero-order valence-electron chi connectivity index (χ0n) is 26.3. The van der Waals surface area contributed by atoms with Gasteiger partial charge in [0.2, 0.25) is 5.91 Å². The van der Waals surface area contributed by atoms with Gasteiger partial charge in [-0.05, 0) is 43.7 Å². The lowest BCUT2D eigenvalue weighted by atomic mass is 10.2. The van der Waals surface area contributed by atoms with Crippen LogP contribution in [0.25, 0.3) is 33.3 Å². The quantitative estimate of drug-likeness (QED) is 0.124. The number of likely N-dealkylation sites (tertiary alicyclic amines) is 1. The third-order valence-corrected chi connectivity index (χ3v) is 10.1. The molecule has 3 aromatic heterocycles. The van der Waals surface area contributed by atoms with E-state index in [1.54, 1.807) is 36.4 Å². The number of methoxy groups -OCH3 is 1. The minimum atomic E-state index is -1.17. The van der Waals surface area contributed by atoms with Crippen molar-refractivity contribution < 1.29 is 19.0 Å². The van der Waals surface area contributed by atoms with E-state index in [-0.39, 0.29) is 18.6 Å². The first-order valence-corrected chi connectivity index (χ1v) is 19.2. The van der Waals surface area contributed by atoms with Crippen molar-refractivity contribution in [1.82, 2.24) is 34.2 Å². The standard InChI is InChI=1S/C32H38ClN7O4Si/c1-21-36-25-7-6-23(14-28(25)40(21)20-43-12-13-45(3,4)5)44-29-9-8-26-32(31(29)33)37-27(16-34-26)22-15-35-39(17-22)19-30(41)38-11-10-24(18-38)42-2/h6-9,14-17,24H,10-13,18-20H2,1-5H3. The smallest absolute Gasteiger partial charge is 0.244 e. The van der Waals surface area contributed by atoms with E-state index in [9.17, 15) is 4.79 Å². The number of hydrogen-bond donors (Lipinski definition) is 0. The van der Waals surface area contributed by atoms with Crippen LogP contribution in [-0.4, -0.2) is 81.1 Å². The number of aromatic nitrogens is 6. The van der Waals surface area contributed by atoms with Crippen LogP contribution >= 0.6 is 11.6 Å². The van der Waals surface area contributed by atoms with E-state index in [2.05, 4.69) is 39.3 Å². The van der Waals surface area contributed by atoms with Crippen molar-refractivity contribution in [1.29, 1.82) is 0 Å². The number of nitrogens with zero attached hydrogens (tertiary/aromatic N) is 7. The first-order valence-electron chi connectivity index (χ1n) is 15.1. The number of carbonyl (C=O) groups is 1. The molecule has 1 unspecified atom stereocenters. The molecule has 1 atom stereocenters. The first-order chi connectivity index (χ1) is 21.6. The molecule has 1 fully saturated rings. The molecular formula is C32H38ClN7O4Si. The summed E-state index contributed by atoms with van der Waals surface area (Å²) in [4.78, 5) is 28.6. The fraction of sp³-hybridized carbons (Fsp3) is 0.406. The van der Waals surface area contributed by atoms with Crippen molar-refractivity contribution in [3.63, 3.8) is 0 Å². The highest BCUT2D eigenvalue weighted by Gasteiger charge is 2.26. The van der Waals surface area contributed by atoms with Crippen LogP contribution in [0.15, 0.2) is 48.9 Å². The van der Waals surface area contributed by atoms with Crippen LogP contribution in [0.5, 0.6) is 11.5 Å². The van der Waals surface area contributed by atoms with E-state index in [1.165, 1.54) is 0 Å². The minimum Gasteiger partial charge on any atom is -0.456 e. The fourth-order valence-electron chi connectivity index (χ4n) is 5.32. The van der Waals surface area contributed by atoms with Gasteiger partial charge in [-0.2, -0.15) is 5.10 Å². The number of ether oxygens (including phenoxy) is 3. The highest BCUT2D eigenvalue weighted by atomic mass is 35.5. The van der Waals surface area contributed by atoms with E-state index < -0.39 is 8.07 Å². The summed E-state index contributed by atoms with van der Waals surface area (Å²) < 4.78 is 21.3. The van der Waals surface area contributed by atoms with Gasteiger partial charge in [0.1, 0.15) is 41.1 Å². The average molecular weight is 648 g/mol. The van der Waals surface area contributed by atoms with E-state index in [0.29, 0.717) is 53.1 Å². The SMILES string of the molecule is COC1CCN(C(=O)Cn2cc(-c3cnc4ccc(Oc5ccc6nc(C)n(COCC[Si](C)(C)C)c6c5)c(Cl)c4n3)cn2)C1. The van der Waals surface area contributed by atoms with Crippen molar-refractivity contribution in [3.05, 3.63) is 59.8 Å². The summed E-state index contributed by atoms with van der Waals surface area (Å²) in [6.45, 7) is 11.6. The van der Waals surface area contributed by atoms with E-state index >= 15 is 0 Å². The monoisotopic (exact) mass is 647 g/mol. The summed E-state index contributed by atoms with van der Waals surface area (Å²) in [5.74, 6) is 1.97. The molecule has 45 heavy (non-hydrogen) atoms. The molecule has 1 saturated heterocycles. The molecule has 1 aliphatic heterocycles. The summed E-state index contributed by atoms with van der Waals surface area (Å²) in [5, 5.41) is 4.74. The molecule has 13 heteroatoms. The Labute approximate surface area is 268 Å². The average Bonchev–Trinajstić information content (AvgIpc) is 3.75. The van der Waals surface area contributed by atoms with E-state index in [4.69, 9.17) is 30.8 Å². The van der Waals surface area contributed by atoms with Crippen molar-refractivity contribution in [2.24, 2.45) is 0 Å². The first kappa shape index (κ1) is 31.2. The lowest BCUT2D eigenvalue weighted by molar-refractivity contribution is -0.131. The Hall–Kier alpha value is -3.84. The molecule has 4 heterocycles. The summed E-state index contributed by atoms with van der Waals surface area (Å²) in [6, 6.07) is 10.5. The molecule has 0 aliphatic carbocycles. The summed E-state index contributed by atoms with van der Waals surface area (Å²) >= 11 is 6.85. The maximum Gasteiger partial charge on any atom is 0.244 e. The Morgan fingerprint density at radius 2 is 1.93 bits per heavy atom. The van der Waals surface area contributed by atoms with Gasteiger partial charge in [0.15, 0.2) is 0 Å². The van der Waals surface area contributed by atoms with Crippen molar-refractivity contribution in [2.45, 2.75) is 58.4 Å². The number of benzene rings is 2. The highest BCUT2D eigenvalue weighted by molar-refractivity contribution is 6.76. The van der Waals surface area contributed by atoms with Gasteiger partial charge in [0.25, 0.3) is 0 Å². The van der Waals surface area contributed by atoms with Crippen LogP contribution in [0.4, 0.5) is 0 Å². The molecule has 0 radical (unpaired) electrons. The predicted molar refractivity (Wildman–Crippen MR) is 176 cm³/mol. The Balaban J connectivity index is 1.19. The lowest BCUT2D eigenvalue weighted by Gasteiger charge is -2.16. The number of halogens is 1. The normalized spacial score (nSPS) is 15.4. The molecule has 2 aromatic carbocycles. The molecule has 0 spiro atoms. The second-order valence-corrected chi connectivity index (χ2v) is 18.6. The molecule has 0 N–H and O–H groups in total. The van der Waals surface area contributed by atoms with Gasteiger partial charge in [0.05, 0.1) is 40.7 Å². The van der Waals surface area contributed by atoms with E-state index in [1.807, 2.05) is 36.1 Å². The zero-order valence-corrected chi connectivity index (χ0v) is 28.0. The number of amides is 1. The lowest BCUT2D eigenvalue weighted by Crippen LogP contribution is -2.33. The molecule has 11 nitrogen and oxygen atoms in total. The van der Waals surface area contributed by atoms with Gasteiger partial charge in [0, 0.05) is 52.7 Å². The van der Waals surface area contributed by atoms with Crippen LogP contribution in [-0.2, 0) is 27.5 Å². The Bertz CT molecular complexity index is 1850. The molecule has 1 aliphatic rings. The minimum absolute atomic E-state index is 0.00425. The van der Waals surface area contributed by atoms with Crippen LogP contribution in [0.2, 0.25) is 30.7 Å². The third kappa shape index (κ3) is 7.04. The highest BCUT2D eigenvalue weighted by Crippen LogP contribution is 2.36. The van der Waals surface area contributed by atoms with Gasteiger partial charge in [-0.1, -0.05) is 31.2 Å². The molecule has 6 rings (SSSR count). The number of imidazole rings is 1. The summed E-state index contributed by atoms with van der Waals surface area (Å²) in [6.07, 6.45) is 6.08. The van der Waals surface area contributed by atoms with Gasteiger partial charge in [-0.15, -0.1) is 0 Å². The molecule has 0 saturated carbocycles. The summed E-state index contributed by atoms with van der Waals surface area (Å²) in [5.41, 5.74) is 4.27.